The molecule has 4 N–H and O–H groups in total. The fourth-order valence-corrected chi connectivity index (χ4v) is 2.10. The first kappa shape index (κ1) is 14.4. The quantitative estimate of drug-likeness (QED) is 0.735. The maximum Gasteiger partial charge on any atom is 0.315 e. The Kier molecular flexibility index (Phi) is 5.03. The number of hydrogen-bond donors (Lipinski definition) is 3. The molecule has 2 amide bonds. The standard InChI is InChI=1S/C16H21N3O/c1-12(18-16(20)19-15-8-3-9-15)14-7-2-5-13(11-14)6-4-10-17/h2,5,7,11-12,15H,3,8-10,17H2,1H3,(H2,18,19,20). The van der Waals surface area contributed by atoms with Crippen LogP contribution in [0.4, 0.5) is 4.79 Å². The van der Waals surface area contributed by atoms with E-state index in [-0.39, 0.29) is 12.1 Å². The minimum Gasteiger partial charge on any atom is -0.335 e. The zero-order chi connectivity index (χ0) is 14.4. The highest BCUT2D eigenvalue weighted by Crippen LogP contribution is 2.18. The molecule has 2 rings (SSSR count). The lowest BCUT2D eigenvalue weighted by molar-refractivity contribution is 0.225. The fraction of sp³-hybridized carbons (Fsp3) is 0.438. The van der Waals surface area contributed by atoms with Gasteiger partial charge in [0.25, 0.3) is 0 Å². The van der Waals surface area contributed by atoms with Crippen molar-refractivity contribution < 1.29 is 4.79 Å². The van der Waals surface area contributed by atoms with Crippen LogP contribution in [0.1, 0.15) is 43.4 Å². The SMILES string of the molecule is CC(NC(=O)NC1CCC1)c1cccc(C#CCN)c1. The molecule has 1 aromatic rings. The molecule has 1 atom stereocenters. The van der Waals surface area contributed by atoms with Gasteiger partial charge in [-0.1, -0.05) is 24.0 Å². The molecular formula is C16H21N3O. The van der Waals surface area contributed by atoms with Crippen molar-refractivity contribution in [3.8, 4) is 11.8 Å². The summed E-state index contributed by atoms with van der Waals surface area (Å²) in [5.41, 5.74) is 7.32. The molecule has 1 aliphatic carbocycles. The number of benzene rings is 1. The van der Waals surface area contributed by atoms with Crippen LogP contribution < -0.4 is 16.4 Å². The Morgan fingerprint density at radius 2 is 2.30 bits per heavy atom. The molecule has 106 valence electrons. The minimum absolute atomic E-state index is 0.0466. The summed E-state index contributed by atoms with van der Waals surface area (Å²) in [5, 5.41) is 5.93. The molecule has 0 aliphatic heterocycles. The summed E-state index contributed by atoms with van der Waals surface area (Å²) in [6.07, 6.45) is 3.39. The third-order valence-corrected chi connectivity index (χ3v) is 3.51. The lowest BCUT2D eigenvalue weighted by Crippen LogP contribution is -2.45. The van der Waals surface area contributed by atoms with Crippen molar-refractivity contribution in [1.29, 1.82) is 0 Å². The van der Waals surface area contributed by atoms with Crippen molar-refractivity contribution in [3.05, 3.63) is 35.4 Å². The van der Waals surface area contributed by atoms with Gasteiger partial charge in [-0.2, -0.15) is 0 Å². The molecule has 0 aromatic heterocycles. The van der Waals surface area contributed by atoms with E-state index in [9.17, 15) is 4.79 Å². The Bertz CT molecular complexity index is 526. The minimum atomic E-state index is -0.0966. The van der Waals surface area contributed by atoms with Crippen LogP contribution in [-0.4, -0.2) is 18.6 Å². The summed E-state index contributed by atoms with van der Waals surface area (Å²) < 4.78 is 0. The van der Waals surface area contributed by atoms with E-state index < -0.39 is 0 Å². The Morgan fingerprint density at radius 3 is 2.95 bits per heavy atom. The second-order valence-corrected chi connectivity index (χ2v) is 5.10. The van der Waals surface area contributed by atoms with Crippen molar-refractivity contribution >= 4 is 6.03 Å². The van der Waals surface area contributed by atoms with Crippen molar-refractivity contribution in [3.63, 3.8) is 0 Å². The molecule has 1 unspecified atom stereocenters. The molecule has 1 aliphatic rings. The normalized spacial score (nSPS) is 15.5. The molecule has 1 aromatic carbocycles. The number of rotatable bonds is 3. The van der Waals surface area contributed by atoms with Crippen molar-refractivity contribution in [2.24, 2.45) is 5.73 Å². The number of nitrogens with two attached hydrogens (primary N) is 1. The van der Waals surface area contributed by atoms with E-state index in [1.165, 1.54) is 6.42 Å². The zero-order valence-corrected chi connectivity index (χ0v) is 11.8. The molecule has 4 heteroatoms. The summed E-state index contributed by atoms with van der Waals surface area (Å²) in [5.74, 6) is 5.83. The highest BCUT2D eigenvalue weighted by Gasteiger charge is 2.20. The van der Waals surface area contributed by atoms with Crippen LogP contribution in [0.2, 0.25) is 0 Å². The molecule has 4 nitrogen and oxygen atoms in total. The van der Waals surface area contributed by atoms with Gasteiger partial charge in [0.15, 0.2) is 0 Å². The maximum atomic E-state index is 11.8. The number of carbonyl (C=O) groups excluding carboxylic acids is 1. The predicted molar refractivity (Wildman–Crippen MR) is 80.1 cm³/mol. The van der Waals surface area contributed by atoms with Gasteiger partial charge in [0.1, 0.15) is 0 Å². The van der Waals surface area contributed by atoms with Gasteiger partial charge in [0.05, 0.1) is 12.6 Å². The summed E-state index contributed by atoms with van der Waals surface area (Å²) in [6, 6.07) is 8.06. The number of carbonyl (C=O) groups is 1. The van der Waals surface area contributed by atoms with E-state index in [0.717, 1.165) is 24.0 Å². The second kappa shape index (κ2) is 6.97. The van der Waals surface area contributed by atoms with E-state index >= 15 is 0 Å². The summed E-state index contributed by atoms with van der Waals surface area (Å²) >= 11 is 0. The molecule has 1 saturated carbocycles. The molecule has 0 heterocycles. The van der Waals surface area contributed by atoms with E-state index in [0.29, 0.717) is 12.6 Å². The van der Waals surface area contributed by atoms with Crippen LogP contribution in [0.25, 0.3) is 0 Å². The third kappa shape index (κ3) is 4.01. The van der Waals surface area contributed by atoms with Crippen molar-refractivity contribution in [1.82, 2.24) is 10.6 Å². The molecule has 1 fully saturated rings. The van der Waals surface area contributed by atoms with Crippen LogP contribution >= 0.6 is 0 Å². The number of hydrogen-bond acceptors (Lipinski definition) is 2. The third-order valence-electron chi connectivity index (χ3n) is 3.51. The lowest BCUT2D eigenvalue weighted by atomic mass is 9.93. The average Bonchev–Trinajstić information content (AvgIpc) is 2.41. The predicted octanol–water partition coefficient (Wildman–Crippen LogP) is 1.91. The Labute approximate surface area is 120 Å². The van der Waals surface area contributed by atoms with Crippen LogP contribution in [0.15, 0.2) is 24.3 Å². The summed E-state index contributed by atoms with van der Waals surface area (Å²) in [6.45, 7) is 2.32. The monoisotopic (exact) mass is 271 g/mol. The van der Waals surface area contributed by atoms with Gasteiger partial charge < -0.3 is 16.4 Å². The Morgan fingerprint density at radius 1 is 1.50 bits per heavy atom. The molecular weight excluding hydrogens is 250 g/mol. The van der Waals surface area contributed by atoms with Gasteiger partial charge in [-0.05, 0) is 43.9 Å². The van der Waals surface area contributed by atoms with Crippen LogP contribution in [0.3, 0.4) is 0 Å². The van der Waals surface area contributed by atoms with E-state index in [4.69, 9.17) is 5.73 Å². The molecule has 0 bridgehead atoms. The maximum absolute atomic E-state index is 11.8. The van der Waals surface area contributed by atoms with E-state index in [2.05, 4.69) is 22.5 Å². The number of amides is 2. The van der Waals surface area contributed by atoms with Crippen LogP contribution in [0, 0.1) is 11.8 Å². The highest BCUT2D eigenvalue weighted by molar-refractivity contribution is 5.74. The topological polar surface area (TPSA) is 67.2 Å². The molecule has 0 spiro atoms. The fourth-order valence-electron chi connectivity index (χ4n) is 2.10. The number of nitrogens with one attached hydrogen (secondary N) is 2. The Balaban J connectivity index is 1.93. The molecule has 20 heavy (non-hydrogen) atoms. The zero-order valence-electron chi connectivity index (χ0n) is 11.8. The van der Waals surface area contributed by atoms with Crippen LogP contribution in [-0.2, 0) is 0 Å². The van der Waals surface area contributed by atoms with Crippen molar-refractivity contribution in [2.45, 2.75) is 38.3 Å². The summed E-state index contributed by atoms with van der Waals surface area (Å²) in [4.78, 5) is 11.8. The van der Waals surface area contributed by atoms with Gasteiger partial charge >= 0.3 is 6.03 Å². The van der Waals surface area contributed by atoms with Gasteiger partial charge in [-0.25, -0.2) is 4.79 Å². The van der Waals surface area contributed by atoms with Crippen molar-refractivity contribution in [2.75, 3.05) is 6.54 Å². The average molecular weight is 271 g/mol. The van der Waals surface area contributed by atoms with Gasteiger partial charge in [-0.15, -0.1) is 0 Å². The van der Waals surface area contributed by atoms with Crippen LogP contribution in [0.5, 0.6) is 0 Å². The van der Waals surface area contributed by atoms with Gasteiger partial charge in [0, 0.05) is 11.6 Å². The largest absolute Gasteiger partial charge is 0.335 e. The lowest BCUT2D eigenvalue weighted by Gasteiger charge is -2.27. The molecule has 0 radical (unpaired) electrons. The second-order valence-electron chi connectivity index (χ2n) is 5.10. The highest BCUT2D eigenvalue weighted by atomic mass is 16.2. The van der Waals surface area contributed by atoms with Gasteiger partial charge in [-0.3, -0.25) is 0 Å². The van der Waals surface area contributed by atoms with Gasteiger partial charge in [0.2, 0.25) is 0 Å². The first-order chi connectivity index (χ1) is 9.69. The first-order valence-electron chi connectivity index (χ1n) is 7.05. The summed E-state index contributed by atoms with van der Waals surface area (Å²) in [7, 11) is 0. The van der Waals surface area contributed by atoms with E-state index in [1.807, 2.05) is 31.2 Å². The smallest absolute Gasteiger partial charge is 0.315 e. The first-order valence-corrected chi connectivity index (χ1v) is 7.05. The van der Waals surface area contributed by atoms with E-state index in [1.54, 1.807) is 0 Å². The molecule has 0 saturated heterocycles. The Hall–Kier alpha value is -1.99. The number of urea groups is 1.